The zero-order valence-corrected chi connectivity index (χ0v) is 9.99. The summed E-state index contributed by atoms with van der Waals surface area (Å²) < 4.78 is 9.85. The van der Waals surface area contributed by atoms with E-state index in [9.17, 15) is 9.59 Å². The quantitative estimate of drug-likeness (QED) is 0.800. The van der Waals surface area contributed by atoms with E-state index < -0.39 is 0 Å². The lowest BCUT2D eigenvalue weighted by Crippen LogP contribution is -2.37. The number of hydrogen-bond donors (Lipinski definition) is 1. The van der Waals surface area contributed by atoms with Gasteiger partial charge in [-0.3, -0.25) is 4.79 Å². The molecule has 2 rings (SSSR count). The van der Waals surface area contributed by atoms with Gasteiger partial charge in [-0.25, -0.2) is 4.79 Å². The third kappa shape index (κ3) is 2.20. The Hall–Kier alpha value is -1.72. The van der Waals surface area contributed by atoms with Gasteiger partial charge in [0.15, 0.2) is 0 Å². The molecule has 0 atom stereocenters. The van der Waals surface area contributed by atoms with Gasteiger partial charge in [0.25, 0.3) is 5.56 Å². The lowest BCUT2D eigenvalue weighted by atomic mass is 9.92. The summed E-state index contributed by atoms with van der Waals surface area (Å²) in [6.07, 6.45) is 1.28. The van der Waals surface area contributed by atoms with Crippen LogP contribution in [0.3, 0.4) is 0 Å². The molecular weight excluding hydrogens is 224 g/mol. The largest absolute Gasteiger partial charge is 0.453 e. The van der Waals surface area contributed by atoms with Crippen LogP contribution in [0.2, 0.25) is 0 Å². The first-order valence-corrected chi connectivity index (χ1v) is 5.64. The van der Waals surface area contributed by atoms with Gasteiger partial charge in [-0.1, -0.05) is 0 Å². The number of likely N-dealkylation sites (tertiary alicyclic amines) is 1. The summed E-state index contributed by atoms with van der Waals surface area (Å²) in [5.74, 6) is 0.925. The Kier molecular flexibility index (Phi) is 3.21. The molecule has 94 valence electrons. The Bertz CT molecular complexity index is 454. The topological polar surface area (TPSA) is 75.5 Å². The maximum absolute atomic E-state index is 11.3. The highest BCUT2D eigenvalue weighted by atomic mass is 16.5. The van der Waals surface area contributed by atoms with Gasteiger partial charge in [-0.05, 0) is 19.8 Å². The standard InChI is InChI=1S/C11H16N2O4/c1-7-9(17-12-10(7)14)8-3-5-13(6-4-8)11(15)16-2/h8H,3-6H2,1-2H3,(H,12,14). The summed E-state index contributed by atoms with van der Waals surface area (Å²) in [6, 6.07) is 0. The average molecular weight is 240 g/mol. The minimum Gasteiger partial charge on any atom is -0.453 e. The normalized spacial score (nSPS) is 17.2. The number of carbonyl (C=O) groups is 1. The fourth-order valence-corrected chi connectivity index (χ4v) is 2.21. The van der Waals surface area contributed by atoms with Crippen molar-refractivity contribution in [3.63, 3.8) is 0 Å². The lowest BCUT2D eigenvalue weighted by molar-refractivity contribution is 0.110. The number of nitrogens with zero attached hydrogens (tertiary/aromatic N) is 1. The fraction of sp³-hybridized carbons (Fsp3) is 0.636. The molecule has 17 heavy (non-hydrogen) atoms. The summed E-state index contributed by atoms with van der Waals surface area (Å²) in [5.41, 5.74) is 0.469. The van der Waals surface area contributed by atoms with Gasteiger partial charge < -0.3 is 14.2 Å². The van der Waals surface area contributed by atoms with E-state index in [0.29, 0.717) is 18.7 Å². The maximum atomic E-state index is 11.3. The smallest absolute Gasteiger partial charge is 0.409 e. The van der Waals surface area contributed by atoms with Crippen molar-refractivity contribution in [2.45, 2.75) is 25.7 Å². The number of piperidine rings is 1. The number of aromatic nitrogens is 1. The monoisotopic (exact) mass is 240 g/mol. The average Bonchev–Trinajstić information content (AvgIpc) is 2.69. The van der Waals surface area contributed by atoms with Crippen molar-refractivity contribution in [2.24, 2.45) is 0 Å². The number of nitrogens with one attached hydrogen (secondary N) is 1. The van der Waals surface area contributed by atoms with Crippen molar-refractivity contribution >= 4 is 6.09 Å². The number of methoxy groups -OCH3 is 1. The molecule has 0 aliphatic carbocycles. The molecule has 0 aromatic carbocycles. The molecule has 6 heteroatoms. The SMILES string of the molecule is COC(=O)N1CCC(c2o[nH]c(=O)c2C)CC1. The summed E-state index contributed by atoms with van der Waals surface area (Å²) >= 11 is 0. The summed E-state index contributed by atoms with van der Waals surface area (Å²) in [6.45, 7) is 3.02. The molecule has 2 heterocycles. The maximum Gasteiger partial charge on any atom is 0.409 e. The van der Waals surface area contributed by atoms with Crippen LogP contribution in [0.15, 0.2) is 9.32 Å². The van der Waals surface area contributed by atoms with Crippen LogP contribution < -0.4 is 5.56 Å². The molecule has 1 aliphatic heterocycles. The molecule has 1 N–H and O–H groups in total. The predicted molar refractivity (Wildman–Crippen MR) is 60.0 cm³/mol. The lowest BCUT2D eigenvalue weighted by Gasteiger charge is -2.29. The number of aromatic amines is 1. The minimum atomic E-state index is -0.296. The van der Waals surface area contributed by atoms with Crippen LogP contribution in [-0.2, 0) is 4.74 Å². The highest BCUT2D eigenvalue weighted by Crippen LogP contribution is 2.28. The van der Waals surface area contributed by atoms with Crippen LogP contribution in [0.4, 0.5) is 4.79 Å². The molecule has 0 unspecified atom stereocenters. The van der Waals surface area contributed by atoms with Crippen LogP contribution in [0, 0.1) is 6.92 Å². The number of carbonyl (C=O) groups excluding carboxylic acids is 1. The Morgan fingerprint density at radius 1 is 1.47 bits per heavy atom. The molecule has 0 saturated carbocycles. The van der Waals surface area contributed by atoms with Crippen LogP contribution in [-0.4, -0.2) is 36.3 Å². The van der Waals surface area contributed by atoms with Crippen LogP contribution in [0.5, 0.6) is 0 Å². The van der Waals surface area contributed by atoms with Gasteiger partial charge in [0.1, 0.15) is 5.76 Å². The number of H-pyrrole nitrogens is 1. The number of hydrogen-bond acceptors (Lipinski definition) is 4. The van der Waals surface area contributed by atoms with Crippen molar-refractivity contribution < 1.29 is 14.1 Å². The molecule has 1 aromatic heterocycles. The van der Waals surface area contributed by atoms with E-state index in [1.54, 1.807) is 11.8 Å². The first kappa shape index (κ1) is 11.8. The van der Waals surface area contributed by atoms with Crippen molar-refractivity contribution in [1.82, 2.24) is 10.1 Å². The number of rotatable bonds is 1. The first-order chi connectivity index (χ1) is 8.13. The first-order valence-electron chi connectivity index (χ1n) is 5.64. The van der Waals surface area contributed by atoms with E-state index in [1.807, 2.05) is 0 Å². The third-order valence-electron chi connectivity index (χ3n) is 3.26. The van der Waals surface area contributed by atoms with Crippen molar-refractivity contribution in [1.29, 1.82) is 0 Å². The zero-order valence-electron chi connectivity index (χ0n) is 9.99. The molecule has 0 spiro atoms. The number of amides is 1. The van der Waals surface area contributed by atoms with Gasteiger partial charge >= 0.3 is 6.09 Å². The zero-order chi connectivity index (χ0) is 12.4. The second-order valence-corrected chi connectivity index (χ2v) is 4.25. The van der Waals surface area contributed by atoms with Crippen molar-refractivity contribution in [3.8, 4) is 0 Å². The Morgan fingerprint density at radius 3 is 2.59 bits per heavy atom. The van der Waals surface area contributed by atoms with E-state index in [-0.39, 0.29) is 17.6 Å². The Morgan fingerprint density at radius 2 is 2.12 bits per heavy atom. The van der Waals surface area contributed by atoms with Crippen molar-refractivity contribution in [2.75, 3.05) is 20.2 Å². The van der Waals surface area contributed by atoms with Crippen LogP contribution in [0.25, 0.3) is 0 Å². The molecule has 0 bridgehead atoms. The summed E-state index contributed by atoms with van der Waals surface area (Å²) in [4.78, 5) is 24.2. The molecule has 1 saturated heterocycles. The van der Waals surface area contributed by atoms with E-state index in [1.165, 1.54) is 7.11 Å². The molecule has 1 aliphatic rings. The second-order valence-electron chi connectivity index (χ2n) is 4.25. The van der Waals surface area contributed by atoms with Gasteiger partial charge in [0, 0.05) is 19.0 Å². The van der Waals surface area contributed by atoms with Crippen molar-refractivity contribution in [3.05, 3.63) is 21.7 Å². The van der Waals surface area contributed by atoms with Crippen LogP contribution >= 0.6 is 0 Å². The van der Waals surface area contributed by atoms with E-state index in [2.05, 4.69) is 9.89 Å². The summed E-state index contributed by atoms with van der Waals surface area (Å²) in [5, 5.41) is 2.34. The molecular formula is C11H16N2O4. The Labute approximate surface area is 98.5 Å². The predicted octanol–water partition coefficient (Wildman–Crippen LogP) is 1.22. The van der Waals surface area contributed by atoms with Gasteiger partial charge in [-0.15, -0.1) is 0 Å². The highest BCUT2D eigenvalue weighted by molar-refractivity contribution is 5.67. The van der Waals surface area contributed by atoms with Crippen LogP contribution in [0.1, 0.15) is 30.1 Å². The third-order valence-corrected chi connectivity index (χ3v) is 3.26. The molecule has 1 fully saturated rings. The van der Waals surface area contributed by atoms with Gasteiger partial charge in [0.05, 0.1) is 12.7 Å². The highest BCUT2D eigenvalue weighted by Gasteiger charge is 2.27. The summed E-state index contributed by atoms with van der Waals surface area (Å²) in [7, 11) is 1.38. The molecule has 1 aromatic rings. The second kappa shape index (κ2) is 4.65. The van der Waals surface area contributed by atoms with E-state index >= 15 is 0 Å². The number of ether oxygens (including phenoxy) is 1. The minimum absolute atomic E-state index is 0.171. The van der Waals surface area contributed by atoms with E-state index in [4.69, 9.17) is 4.52 Å². The van der Waals surface area contributed by atoms with Gasteiger partial charge in [0.2, 0.25) is 0 Å². The molecule has 1 amide bonds. The van der Waals surface area contributed by atoms with Gasteiger partial charge in [-0.2, -0.15) is 5.16 Å². The molecule has 6 nitrogen and oxygen atoms in total. The molecule has 0 radical (unpaired) electrons. The Balaban J connectivity index is 2.02. The fourth-order valence-electron chi connectivity index (χ4n) is 2.21. The van der Waals surface area contributed by atoms with E-state index in [0.717, 1.165) is 18.6 Å².